The average molecular weight is 338 g/mol. The van der Waals surface area contributed by atoms with Gasteiger partial charge < -0.3 is 10.8 Å². The fourth-order valence-corrected chi connectivity index (χ4v) is 2.91. The van der Waals surface area contributed by atoms with Gasteiger partial charge in [0.05, 0.1) is 11.4 Å². The standard InChI is InChI=1S/C21H14N4O/c22-12-18-21(23)25-19(13-4-2-1-3-5-13)20(24-18)16-7-6-15-11-17(26)9-8-14(15)10-16/h1-11,26H,(H2,23,25). The van der Waals surface area contributed by atoms with Gasteiger partial charge in [0.2, 0.25) is 0 Å². The van der Waals surface area contributed by atoms with Gasteiger partial charge in [-0.1, -0.05) is 48.5 Å². The topological polar surface area (TPSA) is 95.8 Å². The minimum absolute atomic E-state index is 0.102. The summed E-state index contributed by atoms with van der Waals surface area (Å²) in [5.74, 6) is 0.329. The van der Waals surface area contributed by atoms with E-state index in [9.17, 15) is 10.4 Å². The number of fused-ring (bicyclic) bond motifs is 1. The molecule has 0 unspecified atom stereocenters. The molecule has 3 aromatic carbocycles. The van der Waals surface area contributed by atoms with Crippen LogP contribution in [0.2, 0.25) is 0 Å². The zero-order valence-electron chi connectivity index (χ0n) is 13.7. The number of hydrogen-bond donors (Lipinski definition) is 2. The van der Waals surface area contributed by atoms with Gasteiger partial charge in [0.25, 0.3) is 0 Å². The molecule has 1 aromatic heterocycles. The molecule has 5 nitrogen and oxygen atoms in total. The van der Waals surface area contributed by atoms with Gasteiger partial charge in [0, 0.05) is 11.1 Å². The fourth-order valence-electron chi connectivity index (χ4n) is 2.91. The predicted molar refractivity (Wildman–Crippen MR) is 101 cm³/mol. The highest BCUT2D eigenvalue weighted by Gasteiger charge is 2.15. The highest BCUT2D eigenvalue weighted by molar-refractivity contribution is 5.90. The molecule has 3 N–H and O–H groups in total. The van der Waals surface area contributed by atoms with E-state index in [1.807, 2.05) is 60.7 Å². The molecule has 1 heterocycles. The molecule has 0 radical (unpaired) electrons. The third-order valence-corrected chi connectivity index (χ3v) is 4.17. The van der Waals surface area contributed by atoms with Crippen LogP contribution in [0.5, 0.6) is 5.75 Å². The molecule has 4 aromatic rings. The summed E-state index contributed by atoms with van der Waals surface area (Å²) in [6.45, 7) is 0. The van der Waals surface area contributed by atoms with Gasteiger partial charge in [0.15, 0.2) is 11.5 Å². The van der Waals surface area contributed by atoms with Crippen molar-refractivity contribution in [1.82, 2.24) is 9.97 Å². The van der Waals surface area contributed by atoms with E-state index < -0.39 is 0 Å². The van der Waals surface area contributed by atoms with E-state index in [2.05, 4.69) is 9.97 Å². The van der Waals surface area contributed by atoms with Crippen molar-refractivity contribution in [1.29, 1.82) is 5.26 Å². The van der Waals surface area contributed by atoms with Crippen LogP contribution < -0.4 is 5.73 Å². The van der Waals surface area contributed by atoms with Crippen LogP contribution >= 0.6 is 0 Å². The lowest BCUT2D eigenvalue weighted by molar-refractivity contribution is 0.476. The van der Waals surface area contributed by atoms with Crippen molar-refractivity contribution in [3.05, 3.63) is 72.4 Å². The highest BCUT2D eigenvalue weighted by atomic mass is 16.3. The van der Waals surface area contributed by atoms with Crippen molar-refractivity contribution in [3.63, 3.8) is 0 Å². The summed E-state index contributed by atoms with van der Waals surface area (Å²) in [6, 6.07) is 22.6. The Hall–Kier alpha value is -3.91. The number of aromatic nitrogens is 2. The van der Waals surface area contributed by atoms with Crippen LogP contribution in [0.3, 0.4) is 0 Å². The molecule has 0 amide bonds. The first-order valence-electron chi connectivity index (χ1n) is 8.02. The van der Waals surface area contributed by atoms with Crippen LogP contribution in [-0.2, 0) is 0 Å². The number of nitrogen functional groups attached to an aromatic ring is 1. The van der Waals surface area contributed by atoms with Gasteiger partial charge in [-0.2, -0.15) is 5.26 Å². The number of aromatic hydroxyl groups is 1. The first kappa shape index (κ1) is 15.6. The lowest BCUT2D eigenvalue weighted by Crippen LogP contribution is -2.03. The van der Waals surface area contributed by atoms with Crippen molar-refractivity contribution >= 4 is 16.6 Å². The van der Waals surface area contributed by atoms with E-state index in [1.165, 1.54) is 0 Å². The molecule has 5 heteroatoms. The number of hydrogen-bond acceptors (Lipinski definition) is 5. The lowest BCUT2D eigenvalue weighted by atomic mass is 10.0. The Morgan fingerprint density at radius 3 is 2.27 bits per heavy atom. The van der Waals surface area contributed by atoms with Crippen LogP contribution in [0, 0.1) is 11.3 Å². The maximum absolute atomic E-state index is 9.64. The third-order valence-electron chi connectivity index (χ3n) is 4.17. The zero-order chi connectivity index (χ0) is 18.1. The quantitative estimate of drug-likeness (QED) is 0.573. The number of nitriles is 1. The molecule has 0 saturated heterocycles. The fraction of sp³-hybridized carbons (Fsp3) is 0. The summed E-state index contributed by atoms with van der Waals surface area (Å²) in [4.78, 5) is 8.90. The molecule has 26 heavy (non-hydrogen) atoms. The molecular formula is C21H14N4O. The SMILES string of the molecule is N#Cc1nc(-c2ccc3cc(O)ccc3c2)c(-c2ccccc2)nc1N. The Labute approximate surface area is 150 Å². The summed E-state index contributed by atoms with van der Waals surface area (Å²) < 4.78 is 0. The van der Waals surface area contributed by atoms with E-state index in [1.54, 1.807) is 12.1 Å². The lowest BCUT2D eigenvalue weighted by Gasteiger charge is -2.11. The van der Waals surface area contributed by atoms with Crippen molar-refractivity contribution in [2.45, 2.75) is 0 Å². The summed E-state index contributed by atoms with van der Waals surface area (Å²) >= 11 is 0. The Balaban J connectivity index is 1.98. The highest BCUT2D eigenvalue weighted by Crippen LogP contribution is 2.32. The zero-order valence-corrected chi connectivity index (χ0v) is 13.7. The van der Waals surface area contributed by atoms with Gasteiger partial charge in [-0.05, 0) is 29.0 Å². The maximum atomic E-state index is 9.64. The number of phenolic OH excluding ortho intramolecular Hbond substituents is 1. The summed E-state index contributed by atoms with van der Waals surface area (Å²) in [7, 11) is 0. The van der Waals surface area contributed by atoms with Crippen LogP contribution in [0.25, 0.3) is 33.3 Å². The second-order valence-corrected chi connectivity index (χ2v) is 5.88. The molecule has 0 spiro atoms. The predicted octanol–water partition coefficient (Wildman–Crippen LogP) is 4.12. The molecule has 4 rings (SSSR count). The van der Waals surface area contributed by atoms with Crippen LogP contribution in [0.15, 0.2) is 66.7 Å². The second-order valence-electron chi connectivity index (χ2n) is 5.88. The molecule has 0 saturated carbocycles. The van der Waals surface area contributed by atoms with E-state index in [4.69, 9.17) is 5.73 Å². The van der Waals surface area contributed by atoms with Crippen molar-refractivity contribution in [3.8, 4) is 34.3 Å². The summed E-state index contributed by atoms with van der Waals surface area (Å²) in [5, 5.41) is 20.8. The molecular weight excluding hydrogens is 324 g/mol. The Bertz CT molecular complexity index is 1160. The largest absolute Gasteiger partial charge is 0.508 e. The number of nitrogens with zero attached hydrogens (tertiary/aromatic N) is 3. The Kier molecular flexibility index (Phi) is 3.71. The maximum Gasteiger partial charge on any atom is 0.183 e. The number of benzene rings is 3. The molecule has 0 aliphatic rings. The van der Waals surface area contributed by atoms with Gasteiger partial charge >= 0.3 is 0 Å². The first-order valence-corrected chi connectivity index (χ1v) is 8.02. The number of nitrogens with two attached hydrogens (primary N) is 1. The number of phenols is 1. The molecule has 0 atom stereocenters. The monoisotopic (exact) mass is 338 g/mol. The third kappa shape index (κ3) is 2.70. The molecule has 0 aliphatic carbocycles. The van der Waals surface area contributed by atoms with E-state index in [0.29, 0.717) is 11.4 Å². The van der Waals surface area contributed by atoms with Crippen LogP contribution in [-0.4, -0.2) is 15.1 Å². The first-order chi connectivity index (χ1) is 12.7. The van der Waals surface area contributed by atoms with Crippen molar-refractivity contribution in [2.75, 3.05) is 5.73 Å². The van der Waals surface area contributed by atoms with Gasteiger partial charge in [-0.15, -0.1) is 0 Å². The van der Waals surface area contributed by atoms with E-state index >= 15 is 0 Å². The van der Waals surface area contributed by atoms with Gasteiger partial charge in [-0.3, -0.25) is 0 Å². The number of anilines is 1. The minimum Gasteiger partial charge on any atom is -0.508 e. The Morgan fingerprint density at radius 2 is 1.50 bits per heavy atom. The van der Waals surface area contributed by atoms with Crippen LogP contribution in [0.4, 0.5) is 5.82 Å². The smallest absolute Gasteiger partial charge is 0.183 e. The summed E-state index contributed by atoms with van der Waals surface area (Å²) in [5.41, 5.74) is 8.92. The number of rotatable bonds is 2. The molecule has 124 valence electrons. The molecule has 0 aliphatic heterocycles. The summed E-state index contributed by atoms with van der Waals surface area (Å²) in [6.07, 6.45) is 0. The van der Waals surface area contributed by atoms with Gasteiger partial charge in [0.1, 0.15) is 11.8 Å². The molecule has 0 bridgehead atoms. The van der Waals surface area contributed by atoms with E-state index in [0.717, 1.165) is 21.9 Å². The second kappa shape index (κ2) is 6.19. The minimum atomic E-state index is 0.102. The van der Waals surface area contributed by atoms with Gasteiger partial charge in [-0.25, -0.2) is 9.97 Å². The molecule has 0 fully saturated rings. The van der Waals surface area contributed by atoms with E-state index in [-0.39, 0.29) is 17.3 Å². The van der Waals surface area contributed by atoms with Crippen molar-refractivity contribution in [2.24, 2.45) is 0 Å². The van der Waals surface area contributed by atoms with Crippen molar-refractivity contribution < 1.29 is 5.11 Å². The average Bonchev–Trinajstić information content (AvgIpc) is 2.68. The normalized spacial score (nSPS) is 10.6. The van der Waals surface area contributed by atoms with Crippen LogP contribution in [0.1, 0.15) is 5.69 Å². The Morgan fingerprint density at radius 1 is 0.808 bits per heavy atom.